The van der Waals surface area contributed by atoms with Crippen LogP contribution in [0.15, 0.2) is 12.5 Å². The van der Waals surface area contributed by atoms with E-state index in [-0.39, 0.29) is 37.3 Å². The van der Waals surface area contributed by atoms with Gasteiger partial charge in [0.1, 0.15) is 18.1 Å². The number of hydrogen-bond donors (Lipinski definition) is 7. The standard InChI is InChI=1S/C18H28N6O7S/c19-5-1-2-14(25)23-12(6-10-7-21-9-22-10)18(31)32-8-13(17(29)30)24-15(26)4-3-11(20)16(27)28/h7,9,11-13H,1-6,8,19-20H2,(H,21,22)(H,23,25)(H,24,26)(H,27,28)(H,29,30)/t11?,12-,13?/m0/s1. The lowest BCUT2D eigenvalue weighted by atomic mass is 10.1. The highest BCUT2D eigenvalue weighted by Gasteiger charge is 2.27. The highest BCUT2D eigenvalue weighted by molar-refractivity contribution is 8.13. The van der Waals surface area contributed by atoms with E-state index >= 15 is 0 Å². The molecule has 14 heteroatoms. The maximum atomic E-state index is 12.7. The third-order valence-electron chi connectivity index (χ3n) is 4.23. The fourth-order valence-electron chi connectivity index (χ4n) is 2.46. The molecule has 0 radical (unpaired) electrons. The molecule has 2 unspecified atom stereocenters. The molecular weight excluding hydrogens is 444 g/mol. The van der Waals surface area contributed by atoms with Gasteiger partial charge in [0.05, 0.1) is 6.33 Å². The number of carboxylic acids is 2. The summed E-state index contributed by atoms with van der Waals surface area (Å²) in [5, 5.41) is 22.4. The number of nitrogens with zero attached hydrogens (tertiary/aromatic N) is 1. The number of hydrogen-bond acceptors (Lipinski definition) is 9. The number of nitrogens with two attached hydrogens (primary N) is 2. The van der Waals surface area contributed by atoms with Crippen LogP contribution in [0.5, 0.6) is 0 Å². The van der Waals surface area contributed by atoms with Gasteiger partial charge in [0.2, 0.25) is 16.9 Å². The number of thioether (sulfide) groups is 1. The van der Waals surface area contributed by atoms with Crippen LogP contribution in [0, 0.1) is 0 Å². The van der Waals surface area contributed by atoms with Gasteiger partial charge in [0.25, 0.3) is 0 Å². The van der Waals surface area contributed by atoms with Gasteiger partial charge >= 0.3 is 11.9 Å². The molecule has 1 aromatic heterocycles. The van der Waals surface area contributed by atoms with E-state index < -0.39 is 41.1 Å². The Kier molecular flexibility index (Phi) is 12.0. The van der Waals surface area contributed by atoms with Crippen LogP contribution >= 0.6 is 11.8 Å². The molecule has 178 valence electrons. The van der Waals surface area contributed by atoms with E-state index in [1.807, 2.05) is 0 Å². The predicted octanol–water partition coefficient (Wildman–Crippen LogP) is -1.80. The van der Waals surface area contributed by atoms with E-state index in [1.54, 1.807) is 0 Å². The number of imidazole rings is 1. The summed E-state index contributed by atoms with van der Waals surface area (Å²) < 4.78 is 0. The highest BCUT2D eigenvalue weighted by Crippen LogP contribution is 2.13. The van der Waals surface area contributed by atoms with Gasteiger partial charge < -0.3 is 37.3 Å². The van der Waals surface area contributed by atoms with E-state index in [1.165, 1.54) is 12.5 Å². The first kappa shape index (κ1) is 27.1. The number of carbonyl (C=O) groups excluding carboxylic acids is 3. The lowest BCUT2D eigenvalue weighted by Crippen LogP contribution is -2.45. The molecule has 1 rings (SSSR count). The Hall–Kier alpha value is -2.97. The van der Waals surface area contributed by atoms with Gasteiger partial charge in [-0.15, -0.1) is 0 Å². The first-order valence-corrected chi connectivity index (χ1v) is 10.8. The number of H-pyrrole nitrogens is 1. The zero-order valence-electron chi connectivity index (χ0n) is 17.3. The largest absolute Gasteiger partial charge is 0.480 e. The second kappa shape index (κ2) is 14.2. The first-order chi connectivity index (χ1) is 15.1. The lowest BCUT2D eigenvalue weighted by molar-refractivity contribution is -0.141. The Balaban J connectivity index is 2.68. The minimum absolute atomic E-state index is 0.122. The van der Waals surface area contributed by atoms with Gasteiger partial charge in [0, 0.05) is 36.9 Å². The Morgan fingerprint density at radius 2 is 1.72 bits per heavy atom. The van der Waals surface area contributed by atoms with Gasteiger partial charge in [-0.2, -0.15) is 0 Å². The number of amides is 2. The number of aromatic amines is 1. The fourth-order valence-corrected chi connectivity index (χ4v) is 3.36. The van der Waals surface area contributed by atoms with Crippen LogP contribution in [0.2, 0.25) is 0 Å². The predicted molar refractivity (Wildman–Crippen MR) is 114 cm³/mol. The molecule has 0 saturated carbocycles. The second-order valence-corrected chi connectivity index (χ2v) is 7.89. The van der Waals surface area contributed by atoms with Crippen LogP contribution in [0.1, 0.15) is 31.4 Å². The van der Waals surface area contributed by atoms with Crippen LogP contribution < -0.4 is 22.1 Å². The SMILES string of the molecule is NCCCC(=O)N[C@@H](Cc1cnc[nH]1)C(=O)SCC(NC(=O)CCC(N)C(=O)O)C(=O)O. The van der Waals surface area contributed by atoms with Crippen molar-refractivity contribution in [2.45, 2.75) is 50.2 Å². The zero-order valence-corrected chi connectivity index (χ0v) is 18.1. The average molecular weight is 473 g/mol. The number of aromatic nitrogens is 2. The zero-order chi connectivity index (χ0) is 24.1. The van der Waals surface area contributed by atoms with E-state index in [4.69, 9.17) is 16.6 Å². The molecule has 13 nitrogen and oxygen atoms in total. The van der Waals surface area contributed by atoms with Crippen molar-refractivity contribution in [1.82, 2.24) is 20.6 Å². The number of carbonyl (C=O) groups is 5. The Morgan fingerprint density at radius 1 is 1.06 bits per heavy atom. The summed E-state index contributed by atoms with van der Waals surface area (Å²) in [5.74, 6) is -4.00. The molecule has 9 N–H and O–H groups in total. The third-order valence-corrected chi connectivity index (χ3v) is 5.30. The topological polar surface area (TPSA) is 231 Å². The van der Waals surface area contributed by atoms with Crippen LogP contribution in [0.3, 0.4) is 0 Å². The normalized spacial score (nSPS) is 13.6. The molecule has 0 aliphatic rings. The van der Waals surface area contributed by atoms with Gasteiger partial charge in [-0.25, -0.2) is 9.78 Å². The minimum atomic E-state index is -1.39. The summed E-state index contributed by atoms with van der Waals surface area (Å²) in [5.41, 5.74) is 11.3. The van der Waals surface area contributed by atoms with Crippen molar-refractivity contribution >= 4 is 40.6 Å². The summed E-state index contributed by atoms with van der Waals surface area (Å²) in [6, 6.07) is -3.58. The second-order valence-electron chi connectivity index (χ2n) is 6.87. The molecule has 32 heavy (non-hydrogen) atoms. The molecule has 0 fully saturated rings. The third kappa shape index (κ3) is 10.4. The smallest absolute Gasteiger partial charge is 0.327 e. The van der Waals surface area contributed by atoms with Crippen LogP contribution in [0.25, 0.3) is 0 Å². The monoisotopic (exact) mass is 472 g/mol. The lowest BCUT2D eigenvalue weighted by Gasteiger charge is -2.19. The Labute approximate surface area is 188 Å². The van der Waals surface area contributed by atoms with Crippen molar-refractivity contribution in [3.63, 3.8) is 0 Å². The van der Waals surface area contributed by atoms with Gasteiger partial charge in [-0.05, 0) is 19.4 Å². The van der Waals surface area contributed by atoms with Crippen molar-refractivity contribution in [3.05, 3.63) is 18.2 Å². The number of rotatable bonds is 15. The summed E-state index contributed by atoms with van der Waals surface area (Å²) in [6.07, 6.45) is 3.18. The number of aliphatic carboxylic acids is 2. The molecule has 0 spiro atoms. The molecular formula is C18H28N6O7S. The molecule has 3 atom stereocenters. The molecule has 0 bridgehead atoms. The van der Waals surface area contributed by atoms with Crippen molar-refractivity contribution in [2.75, 3.05) is 12.3 Å². The molecule has 2 amide bonds. The van der Waals surface area contributed by atoms with Crippen molar-refractivity contribution in [1.29, 1.82) is 0 Å². The molecule has 1 aromatic rings. The molecule has 1 heterocycles. The summed E-state index contributed by atoms with van der Waals surface area (Å²) >= 11 is 0.653. The summed E-state index contributed by atoms with van der Waals surface area (Å²) in [6.45, 7) is 0.318. The maximum absolute atomic E-state index is 12.7. The molecule has 0 aromatic carbocycles. The highest BCUT2D eigenvalue weighted by atomic mass is 32.2. The van der Waals surface area contributed by atoms with Crippen LogP contribution in [-0.2, 0) is 30.4 Å². The van der Waals surface area contributed by atoms with Crippen LogP contribution in [-0.4, -0.2) is 79.5 Å². The van der Waals surface area contributed by atoms with E-state index in [0.717, 1.165) is 0 Å². The molecule has 0 aliphatic heterocycles. The number of carboxylic acid groups (broad SMARTS) is 2. The number of nitrogens with one attached hydrogen (secondary N) is 3. The van der Waals surface area contributed by atoms with E-state index in [0.29, 0.717) is 30.4 Å². The Morgan fingerprint density at radius 3 is 2.28 bits per heavy atom. The van der Waals surface area contributed by atoms with Crippen molar-refractivity contribution in [3.8, 4) is 0 Å². The fraction of sp³-hybridized carbons (Fsp3) is 0.556. The summed E-state index contributed by atoms with van der Waals surface area (Å²) in [7, 11) is 0. The minimum Gasteiger partial charge on any atom is -0.480 e. The maximum Gasteiger partial charge on any atom is 0.327 e. The van der Waals surface area contributed by atoms with Gasteiger partial charge in [-0.3, -0.25) is 19.2 Å². The van der Waals surface area contributed by atoms with Crippen LogP contribution in [0.4, 0.5) is 0 Å². The quantitative estimate of drug-likeness (QED) is 0.150. The Bertz CT molecular complexity index is 789. The van der Waals surface area contributed by atoms with E-state index in [2.05, 4.69) is 20.6 Å². The molecule has 0 aliphatic carbocycles. The van der Waals surface area contributed by atoms with Crippen molar-refractivity contribution in [2.24, 2.45) is 11.5 Å². The van der Waals surface area contributed by atoms with E-state index in [9.17, 15) is 29.1 Å². The first-order valence-electron chi connectivity index (χ1n) is 9.77. The summed E-state index contributed by atoms with van der Waals surface area (Å²) in [4.78, 5) is 65.5. The van der Waals surface area contributed by atoms with Crippen molar-refractivity contribution < 1.29 is 34.2 Å². The van der Waals surface area contributed by atoms with Gasteiger partial charge in [0.15, 0.2) is 0 Å². The average Bonchev–Trinajstić information content (AvgIpc) is 3.25. The van der Waals surface area contributed by atoms with Gasteiger partial charge in [-0.1, -0.05) is 11.8 Å². The molecule has 0 saturated heterocycles.